The van der Waals surface area contributed by atoms with E-state index in [1.165, 1.54) is 10.4 Å². The second-order valence-electron chi connectivity index (χ2n) is 7.59. The Balaban J connectivity index is 2.03. The number of benzene rings is 1. The molecule has 0 saturated carbocycles. The average Bonchev–Trinajstić information content (AvgIpc) is 2.93. The van der Waals surface area contributed by atoms with E-state index in [9.17, 15) is 9.90 Å². The van der Waals surface area contributed by atoms with E-state index in [1.54, 1.807) is 23.5 Å². The van der Waals surface area contributed by atoms with Crippen molar-refractivity contribution in [2.45, 2.75) is 52.9 Å². The molecule has 25 heavy (non-hydrogen) atoms. The van der Waals surface area contributed by atoms with Crippen LogP contribution in [-0.4, -0.2) is 17.7 Å². The molecular weight excluding hydrogens is 332 g/mol. The molecule has 0 atom stereocenters. The number of fused-ring (bicyclic) bond motifs is 1. The summed E-state index contributed by atoms with van der Waals surface area (Å²) in [5, 5.41) is 9.57. The highest BCUT2D eigenvalue weighted by atomic mass is 32.1. The Hall–Kier alpha value is -1.81. The van der Waals surface area contributed by atoms with Gasteiger partial charge in [-0.1, -0.05) is 27.2 Å². The molecule has 0 bridgehead atoms. The summed E-state index contributed by atoms with van der Waals surface area (Å²) in [5.74, 6) is 0.0324. The molecule has 1 aromatic heterocycles. The molecule has 0 saturated heterocycles. The monoisotopic (exact) mass is 358 g/mol. The molecule has 0 spiro atoms. The predicted molar refractivity (Wildman–Crippen MR) is 102 cm³/mol. The van der Waals surface area contributed by atoms with Crippen LogP contribution < -0.4 is 0 Å². The number of unbranched alkanes of at least 4 members (excludes halogenated alkanes) is 1. The van der Waals surface area contributed by atoms with Gasteiger partial charge in [0.25, 0.3) is 0 Å². The molecule has 4 heteroatoms. The van der Waals surface area contributed by atoms with E-state index in [0.29, 0.717) is 6.61 Å². The van der Waals surface area contributed by atoms with Gasteiger partial charge in [0.1, 0.15) is 5.75 Å². The summed E-state index contributed by atoms with van der Waals surface area (Å²) in [6.45, 7) is 7.09. The maximum absolute atomic E-state index is 12.9. The van der Waals surface area contributed by atoms with E-state index >= 15 is 0 Å². The molecule has 0 aliphatic heterocycles. The molecule has 0 amide bonds. The molecule has 0 unspecified atom stereocenters. The summed E-state index contributed by atoms with van der Waals surface area (Å²) in [6, 6.07) is 7.09. The van der Waals surface area contributed by atoms with Crippen molar-refractivity contribution in [3.8, 4) is 16.2 Å². The van der Waals surface area contributed by atoms with E-state index in [1.807, 2.05) is 12.1 Å². The highest BCUT2D eigenvalue weighted by Crippen LogP contribution is 2.45. The van der Waals surface area contributed by atoms with Crippen LogP contribution in [0.25, 0.3) is 10.4 Å². The summed E-state index contributed by atoms with van der Waals surface area (Å²) in [4.78, 5) is 15.1. The van der Waals surface area contributed by atoms with Gasteiger partial charge in [-0.25, -0.2) is 4.79 Å². The molecular formula is C21H26O3S. The van der Waals surface area contributed by atoms with E-state index in [4.69, 9.17) is 4.74 Å². The van der Waals surface area contributed by atoms with Crippen LogP contribution in [0.4, 0.5) is 0 Å². The molecule has 1 aliphatic rings. The Morgan fingerprint density at radius 2 is 2.00 bits per heavy atom. The number of carbonyl (C=O) groups is 1. The van der Waals surface area contributed by atoms with Gasteiger partial charge in [-0.15, -0.1) is 11.3 Å². The second-order valence-corrected chi connectivity index (χ2v) is 8.69. The minimum atomic E-state index is -0.202. The van der Waals surface area contributed by atoms with E-state index in [0.717, 1.165) is 48.1 Å². The molecule has 1 heterocycles. The number of aromatic hydroxyl groups is 1. The average molecular weight is 359 g/mol. The number of thiophene rings is 1. The normalized spacial score (nSPS) is 15.6. The lowest BCUT2D eigenvalue weighted by Gasteiger charge is -2.29. The zero-order valence-electron chi connectivity index (χ0n) is 15.2. The smallest absolute Gasteiger partial charge is 0.339 e. The van der Waals surface area contributed by atoms with Crippen molar-refractivity contribution in [3.05, 3.63) is 40.3 Å². The zero-order valence-corrected chi connectivity index (χ0v) is 16.0. The highest BCUT2D eigenvalue weighted by molar-refractivity contribution is 7.16. The van der Waals surface area contributed by atoms with Gasteiger partial charge < -0.3 is 9.84 Å². The molecule has 0 radical (unpaired) electrons. The molecule has 134 valence electrons. The van der Waals surface area contributed by atoms with Crippen LogP contribution in [0.5, 0.6) is 5.75 Å². The van der Waals surface area contributed by atoms with E-state index in [-0.39, 0.29) is 17.1 Å². The zero-order chi connectivity index (χ0) is 18.0. The maximum Gasteiger partial charge on any atom is 0.339 e. The van der Waals surface area contributed by atoms with Crippen LogP contribution in [0.1, 0.15) is 60.8 Å². The van der Waals surface area contributed by atoms with Gasteiger partial charge in [-0.05, 0) is 66.5 Å². The summed E-state index contributed by atoms with van der Waals surface area (Å²) in [6.07, 6.45) is 4.96. The molecule has 2 aromatic rings. The van der Waals surface area contributed by atoms with E-state index < -0.39 is 0 Å². The number of hydrogen-bond donors (Lipinski definition) is 1. The number of rotatable bonds is 5. The van der Waals surface area contributed by atoms with Crippen LogP contribution >= 0.6 is 11.3 Å². The summed E-state index contributed by atoms with van der Waals surface area (Å²) >= 11 is 1.71. The third kappa shape index (κ3) is 3.90. The molecule has 3 nitrogen and oxygen atoms in total. The van der Waals surface area contributed by atoms with Gasteiger partial charge in [0.15, 0.2) is 0 Å². The first-order chi connectivity index (χ1) is 11.9. The van der Waals surface area contributed by atoms with Crippen LogP contribution in [0.15, 0.2) is 24.3 Å². The molecule has 3 rings (SSSR count). The molecule has 1 N–H and O–H groups in total. The van der Waals surface area contributed by atoms with Crippen molar-refractivity contribution >= 4 is 17.3 Å². The van der Waals surface area contributed by atoms with E-state index in [2.05, 4.69) is 20.8 Å². The number of phenols is 1. The topological polar surface area (TPSA) is 46.5 Å². The standard InChI is InChI=1S/C21H26O3S/c1-4-5-12-24-20(23)18-16-13-21(2,3)11-10-17(16)25-19(18)14-6-8-15(22)9-7-14/h6-9,22H,4-5,10-13H2,1-3H3. The van der Waals surface area contributed by atoms with Crippen molar-refractivity contribution < 1.29 is 14.6 Å². The van der Waals surface area contributed by atoms with Crippen LogP contribution in [-0.2, 0) is 17.6 Å². The summed E-state index contributed by atoms with van der Waals surface area (Å²) in [7, 11) is 0. The fourth-order valence-electron chi connectivity index (χ4n) is 3.33. The number of carbonyl (C=O) groups excluding carboxylic acids is 1. The van der Waals surface area contributed by atoms with Gasteiger partial charge >= 0.3 is 5.97 Å². The number of ether oxygens (including phenoxy) is 1. The van der Waals surface area contributed by atoms with Crippen molar-refractivity contribution in [2.24, 2.45) is 5.41 Å². The molecule has 1 aromatic carbocycles. The second kappa shape index (κ2) is 7.20. The summed E-state index contributed by atoms with van der Waals surface area (Å²) < 4.78 is 5.57. The van der Waals surface area contributed by atoms with Crippen molar-refractivity contribution in [2.75, 3.05) is 6.61 Å². The molecule has 1 aliphatic carbocycles. The van der Waals surface area contributed by atoms with Gasteiger partial charge in [0, 0.05) is 9.75 Å². The predicted octanol–water partition coefficient (Wildman–Crippen LogP) is 5.59. The largest absolute Gasteiger partial charge is 0.508 e. The van der Waals surface area contributed by atoms with Crippen LogP contribution in [0.3, 0.4) is 0 Å². The third-order valence-corrected chi connectivity index (χ3v) is 6.18. The van der Waals surface area contributed by atoms with Crippen molar-refractivity contribution in [1.29, 1.82) is 0 Å². The van der Waals surface area contributed by atoms with Gasteiger partial charge in [-0.3, -0.25) is 0 Å². The third-order valence-electron chi connectivity index (χ3n) is 4.84. The Labute approximate surface area is 153 Å². The lowest BCUT2D eigenvalue weighted by molar-refractivity contribution is 0.0499. The Morgan fingerprint density at radius 3 is 2.68 bits per heavy atom. The Morgan fingerprint density at radius 1 is 1.28 bits per heavy atom. The van der Waals surface area contributed by atoms with Gasteiger partial charge in [0.2, 0.25) is 0 Å². The Kier molecular flexibility index (Phi) is 5.19. The molecule has 0 fully saturated rings. The van der Waals surface area contributed by atoms with Crippen LogP contribution in [0.2, 0.25) is 0 Å². The first-order valence-corrected chi connectivity index (χ1v) is 9.84. The number of phenolic OH excluding ortho intramolecular Hbond substituents is 1. The van der Waals surface area contributed by atoms with Gasteiger partial charge in [-0.2, -0.15) is 0 Å². The highest BCUT2D eigenvalue weighted by Gasteiger charge is 2.33. The fourth-order valence-corrected chi connectivity index (χ4v) is 4.64. The maximum atomic E-state index is 12.9. The fraction of sp³-hybridized carbons (Fsp3) is 0.476. The number of aryl methyl sites for hydroxylation is 1. The number of hydrogen-bond acceptors (Lipinski definition) is 4. The quantitative estimate of drug-likeness (QED) is 0.559. The first kappa shape index (κ1) is 18.0. The lowest BCUT2D eigenvalue weighted by Crippen LogP contribution is -2.23. The minimum absolute atomic E-state index is 0.202. The van der Waals surface area contributed by atoms with Gasteiger partial charge in [0.05, 0.1) is 12.2 Å². The first-order valence-electron chi connectivity index (χ1n) is 9.02. The minimum Gasteiger partial charge on any atom is -0.508 e. The lowest BCUT2D eigenvalue weighted by atomic mass is 9.76. The number of esters is 1. The van der Waals surface area contributed by atoms with Crippen LogP contribution in [0, 0.1) is 5.41 Å². The van der Waals surface area contributed by atoms with Crippen molar-refractivity contribution in [1.82, 2.24) is 0 Å². The Bertz CT molecular complexity index is 756. The SMILES string of the molecule is CCCCOC(=O)c1c(-c2ccc(O)cc2)sc2c1CC(C)(C)CC2. The summed E-state index contributed by atoms with van der Waals surface area (Å²) in [5.41, 5.74) is 3.09. The van der Waals surface area contributed by atoms with Crippen molar-refractivity contribution in [3.63, 3.8) is 0 Å².